The van der Waals surface area contributed by atoms with Crippen LogP contribution in [0.15, 0.2) is 18.3 Å². The van der Waals surface area contributed by atoms with Crippen molar-refractivity contribution in [1.82, 2.24) is 14.8 Å². The summed E-state index contributed by atoms with van der Waals surface area (Å²) in [5.74, 6) is 0. The number of hydrogen-bond acceptors (Lipinski definition) is 1. The molecule has 1 aliphatic heterocycles. The highest BCUT2D eigenvalue weighted by atomic mass is 16.2. The number of rotatable bonds is 2. The Bertz CT molecular complexity index is 339. The van der Waals surface area contributed by atoms with E-state index in [1.54, 1.807) is 0 Å². The number of urea groups is 1. The number of nitrogens with zero attached hydrogens (tertiary/aromatic N) is 2. The van der Waals surface area contributed by atoms with Gasteiger partial charge in [0.15, 0.2) is 0 Å². The van der Waals surface area contributed by atoms with Crippen LogP contribution >= 0.6 is 0 Å². The molecule has 4 nitrogen and oxygen atoms in total. The molecular weight excluding hydrogens is 190 g/mol. The van der Waals surface area contributed by atoms with Gasteiger partial charge in [-0.05, 0) is 25.0 Å². The summed E-state index contributed by atoms with van der Waals surface area (Å²) in [5, 5.41) is 2.93. The summed E-state index contributed by atoms with van der Waals surface area (Å²) in [6, 6.07) is 4.07. The van der Waals surface area contributed by atoms with Crippen molar-refractivity contribution >= 4 is 6.03 Å². The van der Waals surface area contributed by atoms with Gasteiger partial charge in [0.25, 0.3) is 0 Å². The molecule has 0 aliphatic carbocycles. The van der Waals surface area contributed by atoms with E-state index in [4.69, 9.17) is 0 Å². The van der Waals surface area contributed by atoms with Crippen molar-refractivity contribution in [2.45, 2.75) is 19.4 Å². The average Bonchev–Trinajstić information content (AvgIpc) is 2.85. The quantitative estimate of drug-likeness (QED) is 0.780. The highest BCUT2D eigenvalue weighted by molar-refractivity contribution is 5.74. The van der Waals surface area contributed by atoms with Gasteiger partial charge in [-0.15, -0.1) is 0 Å². The number of likely N-dealkylation sites (tertiary alicyclic amines) is 1. The first kappa shape index (κ1) is 10.1. The second-order valence-corrected chi connectivity index (χ2v) is 3.96. The van der Waals surface area contributed by atoms with Crippen LogP contribution in [-0.4, -0.2) is 28.6 Å². The first-order valence-corrected chi connectivity index (χ1v) is 5.40. The predicted octanol–water partition coefficient (Wildman–Crippen LogP) is 1.33. The van der Waals surface area contributed by atoms with Crippen molar-refractivity contribution < 1.29 is 4.79 Å². The van der Waals surface area contributed by atoms with Crippen molar-refractivity contribution in [2.75, 3.05) is 13.1 Å². The van der Waals surface area contributed by atoms with Gasteiger partial charge in [0, 0.05) is 32.0 Å². The first-order valence-electron chi connectivity index (χ1n) is 5.40. The van der Waals surface area contributed by atoms with Crippen LogP contribution in [0.4, 0.5) is 4.79 Å². The van der Waals surface area contributed by atoms with E-state index < -0.39 is 0 Å². The fourth-order valence-electron chi connectivity index (χ4n) is 1.88. The summed E-state index contributed by atoms with van der Waals surface area (Å²) in [6.45, 7) is 2.41. The number of carbonyl (C=O) groups excluding carboxylic acids is 1. The number of aryl methyl sites for hydroxylation is 1. The number of aromatic nitrogens is 1. The molecule has 15 heavy (non-hydrogen) atoms. The molecular formula is C11H17N3O. The van der Waals surface area contributed by atoms with E-state index in [0.29, 0.717) is 6.54 Å². The smallest absolute Gasteiger partial charge is 0.317 e. The normalized spacial score (nSPS) is 15.7. The van der Waals surface area contributed by atoms with Crippen molar-refractivity contribution in [2.24, 2.45) is 7.05 Å². The van der Waals surface area contributed by atoms with Crippen molar-refractivity contribution in [3.05, 3.63) is 24.0 Å². The van der Waals surface area contributed by atoms with Gasteiger partial charge < -0.3 is 14.8 Å². The van der Waals surface area contributed by atoms with E-state index >= 15 is 0 Å². The topological polar surface area (TPSA) is 37.3 Å². The van der Waals surface area contributed by atoms with Crippen molar-refractivity contribution in [3.8, 4) is 0 Å². The molecule has 1 aromatic heterocycles. The minimum absolute atomic E-state index is 0.0636. The Morgan fingerprint density at radius 3 is 2.80 bits per heavy atom. The van der Waals surface area contributed by atoms with Crippen LogP contribution in [-0.2, 0) is 13.6 Å². The summed E-state index contributed by atoms with van der Waals surface area (Å²) in [6.07, 6.45) is 4.26. The zero-order valence-electron chi connectivity index (χ0n) is 9.07. The maximum Gasteiger partial charge on any atom is 0.317 e. The molecule has 0 saturated carbocycles. The average molecular weight is 207 g/mol. The third-order valence-corrected chi connectivity index (χ3v) is 2.87. The molecule has 2 amide bonds. The fourth-order valence-corrected chi connectivity index (χ4v) is 1.88. The molecule has 2 heterocycles. The fraction of sp³-hybridized carbons (Fsp3) is 0.545. The van der Waals surface area contributed by atoms with Crippen LogP contribution in [0, 0.1) is 0 Å². The van der Waals surface area contributed by atoms with Gasteiger partial charge in [0.1, 0.15) is 0 Å². The zero-order chi connectivity index (χ0) is 10.7. The molecule has 0 aromatic carbocycles. The van der Waals surface area contributed by atoms with E-state index in [0.717, 1.165) is 31.6 Å². The van der Waals surface area contributed by atoms with Crippen LogP contribution in [0.5, 0.6) is 0 Å². The standard InChI is InChI=1S/C11H17N3O/c1-13-6-4-5-10(13)9-12-11(15)14-7-2-3-8-14/h4-6H,2-3,7-9H2,1H3,(H,12,15). The molecule has 1 fully saturated rings. The van der Waals surface area contributed by atoms with Crippen LogP contribution < -0.4 is 5.32 Å². The van der Waals surface area contributed by atoms with Crippen LogP contribution in [0.3, 0.4) is 0 Å². The highest BCUT2D eigenvalue weighted by Crippen LogP contribution is 2.07. The summed E-state index contributed by atoms with van der Waals surface area (Å²) in [7, 11) is 1.98. The summed E-state index contributed by atoms with van der Waals surface area (Å²) in [4.78, 5) is 13.5. The maximum absolute atomic E-state index is 11.7. The van der Waals surface area contributed by atoms with Crippen LogP contribution in [0.2, 0.25) is 0 Å². The number of hydrogen-bond donors (Lipinski definition) is 1. The summed E-state index contributed by atoms with van der Waals surface area (Å²) >= 11 is 0. The number of amides is 2. The van der Waals surface area contributed by atoms with Gasteiger partial charge in [0.05, 0.1) is 6.54 Å². The molecule has 1 N–H and O–H groups in total. The minimum atomic E-state index is 0.0636. The molecule has 0 radical (unpaired) electrons. The lowest BCUT2D eigenvalue weighted by Gasteiger charge is -2.16. The Morgan fingerprint density at radius 2 is 2.20 bits per heavy atom. The van der Waals surface area contributed by atoms with E-state index in [1.165, 1.54) is 0 Å². The van der Waals surface area contributed by atoms with E-state index in [-0.39, 0.29) is 6.03 Å². The molecule has 82 valence electrons. The number of carbonyl (C=O) groups is 1. The summed E-state index contributed by atoms with van der Waals surface area (Å²) < 4.78 is 2.02. The number of nitrogens with one attached hydrogen (secondary N) is 1. The Kier molecular flexibility index (Phi) is 2.94. The van der Waals surface area contributed by atoms with Gasteiger partial charge in [-0.3, -0.25) is 0 Å². The molecule has 1 aromatic rings. The van der Waals surface area contributed by atoms with Gasteiger partial charge in [-0.2, -0.15) is 0 Å². The molecule has 1 aliphatic rings. The van der Waals surface area contributed by atoms with Gasteiger partial charge >= 0.3 is 6.03 Å². The molecule has 1 saturated heterocycles. The predicted molar refractivity (Wildman–Crippen MR) is 58.5 cm³/mol. The van der Waals surface area contributed by atoms with Crippen molar-refractivity contribution in [3.63, 3.8) is 0 Å². The SMILES string of the molecule is Cn1cccc1CNC(=O)N1CCCC1. The van der Waals surface area contributed by atoms with Gasteiger partial charge in [0.2, 0.25) is 0 Å². The molecule has 0 spiro atoms. The van der Waals surface area contributed by atoms with E-state index in [2.05, 4.69) is 5.32 Å². The van der Waals surface area contributed by atoms with E-state index in [9.17, 15) is 4.79 Å². The zero-order valence-corrected chi connectivity index (χ0v) is 9.07. The van der Waals surface area contributed by atoms with Crippen LogP contribution in [0.25, 0.3) is 0 Å². The monoisotopic (exact) mass is 207 g/mol. The van der Waals surface area contributed by atoms with Crippen molar-refractivity contribution in [1.29, 1.82) is 0 Å². The lowest BCUT2D eigenvalue weighted by Crippen LogP contribution is -2.37. The Labute approximate surface area is 89.9 Å². The summed E-state index contributed by atoms with van der Waals surface area (Å²) in [5.41, 5.74) is 1.13. The van der Waals surface area contributed by atoms with Gasteiger partial charge in [-0.1, -0.05) is 0 Å². The lowest BCUT2D eigenvalue weighted by molar-refractivity contribution is 0.208. The second-order valence-electron chi connectivity index (χ2n) is 3.96. The molecule has 0 bridgehead atoms. The Morgan fingerprint density at radius 1 is 1.47 bits per heavy atom. The lowest BCUT2D eigenvalue weighted by atomic mass is 10.4. The Hall–Kier alpha value is -1.45. The second kappa shape index (κ2) is 4.38. The first-order chi connectivity index (χ1) is 7.27. The van der Waals surface area contributed by atoms with Gasteiger partial charge in [-0.25, -0.2) is 4.79 Å². The molecule has 2 rings (SSSR count). The molecule has 0 unspecified atom stereocenters. The van der Waals surface area contributed by atoms with E-state index in [1.807, 2.05) is 34.8 Å². The Balaban J connectivity index is 1.83. The largest absolute Gasteiger partial charge is 0.353 e. The maximum atomic E-state index is 11.7. The van der Waals surface area contributed by atoms with Crippen LogP contribution in [0.1, 0.15) is 18.5 Å². The molecule has 0 atom stereocenters. The molecule has 4 heteroatoms. The third-order valence-electron chi connectivity index (χ3n) is 2.87. The highest BCUT2D eigenvalue weighted by Gasteiger charge is 2.17. The minimum Gasteiger partial charge on any atom is -0.353 e. The third kappa shape index (κ3) is 2.32.